The molecule has 126 valence electrons. The predicted molar refractivity (Wildman–Crippen MR) is 75.4 cm³/mol. The lowest BCUT2D eigenvalue weighted by Crippen LogP contribution is -2.33. The molecule has 0 spiro atoms. The summed E-state index contributed by atoms with van der Waals surface area (Å²) in [6.07, 6.45) is -3.82. The average Bonchev–Trinajstić information content (AvgIpc) is 3.17. The Hall–Kier alpha value is -2.12. The SMILES string of the molecule is Cc1c(F)cc(C(=O)NCC(F)(F)F)cc1NC(=O)[C@@H]1C[C@H]1C. The summed E-state index contributed by atoms with van der Waals surface area (Å²) in [7, 11) is 0. The second-order valence-electron chi connectivity index (χ2n) is 5.74. The molecule has 1 aromatic carbocycles. The Bertz CT molecular complexity index is 643. The molecule has 0 bridgehead atoms. The summed E-state index contributed by atoms with van der Waals surface area (Å²) in [5, 5.41) is 4.19. The molecule has 1 aliphatic carbocycles. The fourth-order valence-corrected chi connectivity index (χ4v) is 2.14. The third-order valence-electron chi connectivity index (χ3n) is 3.76. The van der Waals surface area contributed by atoms with E-state index >= 15 is 0 Å². The van der Waals surface area contributed by atoms with Crippen LogP contribution >= 0.6 is 0 Å². The number of alkyl halides is 3. The standard InChI is InChI=1S/C15H16F4N2O2/c1-7-3-10(7)14(23)21-12-5-9(4-11(16)8(12)2)13(22)20-6-15(17,18)19/h4-5,7,10H,3,6H2,1-2H3,(H,20,22)(H,21,23)/t7-,10-/m1/s1. The molecule has 0 unspecified atom stereocenters. The molecule has 8 heteroatoms. The van der Waals surface area contributed by atoms with Gasteiger partial charge in [0.15, 0.2) is 0 Å². The number of hydrogen-bond acceptors (Lipinski definition) is 2. The number of carbonyl (C=O) groups is 2. The summed E-state index contributed by atoms with van der Waals surface area (Å²) in [4.78, 5) is 23.6. The number of benzene rings is 1. The second kappa shape index (κ2) is 6.17. The van der Waals surface area contributed by atoms with Crippen LogP contribution in [0.15, 0.2) is 12.1 Å². The monoisotopic (exact) mass is 332 g/mol. The van der Waals surface area contributed by atoms with Gasteiger partial charge in [-0.05, 0) is 31.4 Å². The second-order valence-corrected chi connectivity index (χ2v) is 5.74. The Morgan fingerprint density at radius 2 is 1.91 bits per heavy atom. The largest absolute Gasteiger partial charge is 0.405 e. The van der Waals surface area contributed by atoms with Gasteiger partial charge in [-0.3, -0.25) is 9.59 Å². The van der Waals surface area contributed by atoms with Crippen LogP contribution in [0.4, 0.5) is 23.2 Å². The van der Waals surface area contributed by atoms with Crippen LogP contribution in [-0.2, 0) is 4.79 Å². The van der Waals surface area contributed by atoms with Crippen LogP contribution < -0.4 is 10.6 Å². The minimum Gasteiger partial charge on any atom is -0.343 e. The van der Waals surface area contributed by atoms with E-state index in [1.165, 1.54) is 13.0 Å². The van der Waals surface area contributed by atoms with Gasteiger partial charge in [0.1, 0.15) is 12.4 Å². The lowest BCUT2D eigenvalue weighted by Gasteiger charge is -2.13. The molecule has 4 nitrogen and oxygen atoms in total. The molecular weight excluding hydrogens is 316 g/mol. The van der Waals surface area contributed by atoms with Gasteiger partial charge < -0.3 is 10.6 Å². The molecule has 0 saturated heterocycles. The van der Waals surface area contributed by atoms with Crippen molar-refractivity contribution < 1.29 is 27.2 Å². The van der Waals surface area contributed by atoms with Crippen molar-refractivity contribution in [2.45, 2.75) is 26.4 Å². The van der Waals surface area contributed by atoms with Crippen molar-refractivity contribution in [3.8, 4) is 0 Å². The zero-order valence-electron chi connectivity index (χ0n) is 12.6. The predicted octanol–water partition coefficient (Wildman–Crippen LogP) is 3.02. The van der Waals surface area contributed by atoms with Gasteiger partial charge in [-0.15, -0.1) is 0 Å². The summed E-state index contributed by atoms with van der Waals surface area (Å²) >= 11 is 0. The lowest BCUT2D eigenvalue weighted by atomic mass is 10.1. The topological polar surface area (TPSA) is 58.2 Å². The van der Waals surface area contributed by atoms with Crippen LogP contribution in [0.5, 0.6) is 0 Å². The highest BCUT2D eigenvalue weighted by Gasteiger charge is 2.39. The number of carbonyl (C=O) groups excluding carboxylic acids is 2. The van der Waals surface area contributed by atoms with Gasteiger partial charge in [-0.1, -0.05) is 6.92 Å². The first kappa shape index (κ1) is 17.2. The summed E-state index contributed by atoms with van der Waals surface area (Å²) in [6.45, 7) is 1.81. The van der Waals surface area contributed by atoms with E-state index in [-0.39, 0.29) is 34.6 Å². The Morgan fingerprint density at radius 3 is 2.43 bits per heavy atom. The average molecular weight is 332 g/mol. The molecule has 0 aromatic heterocycles. The zero-order chi connectivity index (χ0) is 17.4. The first-order valence-corrected chi connectivity index (χ1v) is 7.04. The van der Waals surface area contributed by atoms with E-state index in [9.17, 15) is 27.2 Å². The molecule has 2 atom stereocenters. The van der Waals surface area contributed by atoms with Crippen molar-refractivity contribution in [1.82, 2.24) is 5.32 Å². The summed E-state index contributed by atoms with van der Waals surface area (Å²) in [5.74, 6) is -2.02. The van der Waals surface area contributed by atoms with E-state index in [2.05, 4.69) is 5.32 Å². The quantitative estimate of drug-likeness (QED) is 0.833. The van der Waals surface area contributed by atoms with Crippen LogP contribution in [0, 0.1) is 24.6 Å². The van der Waals surface area contributed by atoms with E-state index < -0.39 is 24.4 Å². The normalized spacial score (nSPS) is 20.1. The zero-order valence-corrected chi connectivity index (χ0v) is 12.6. The third-order valence-corrected chi connectivity index (χ3v) is 3.76. The van der Waals surface area contributed by atoms with E-state index in [0.29, 0.717) is 0 Å². The molecule has 0 radical (unpaired) electrons. The minimum atomic E-state index is -4.56. The molecule has 2 rings (SSSR count). The highest BCUT2D eigenvalue weighted by atomic mass is 19.4. The Morgan fingerprint density at radius 1 is 1.30 bits per heavy atom. The molecule has 2 N–H and O–H groups in total. The molecule has 1 fully saturated rings. The first-order valence-electron chi connectivity index (χ1n) is 7.04. The fraction of sp³-hybridized carbons (Fsp3) is 0.467. The number of nitrogens with one attached hydrogen (secondary N) is 2. The maximum absolute atomic E-state index is 13.9. The van der Waals surface area contributed by atoms with E-state index in [1.54, 1.807) is 5.32 Å². The van der Waals surface area contributed by atoms with E-state index in [4.69, 9.17) is 0 Å². The Labute approximate surface area is 130 Å². The Balaban J connectivity index is 2.15. The fourth-order valence-electron chi connectivity index (χ4n) is 2.14. The van der Waals surface area contributed by atoms with Crippen molar-refractivity contribution in [2.75, 3.05) is 11.9 Å². The first-order chi connectivity index (χ1) is 10.6. The highest BCUT2D eigenvalue weighted by Crippen LogP contribution is 2.38. The molecule has 0 heterocycles. The number of anilines is 1. The lowest BCUT2D eigenvalue weighted by molar-refractivity contribution is -0.123. The maximum Gasteiger partial charge on any atom is 0.405 e. The van der Waals surface area contributed by atoms with Crippen molar-refractivity contribution in [1.29, 1.82) is 0 Å². The van der Waals surface area contributed by atoms with E-state index in [0.717, 1.165) is 12.5 Å². The van der Waals surface area contributed by atoms with Gasteiger partial charge in [-0.2, -0.15) is 13.2 Å². The molecule has 1 saturated carbocycles. The Kier molecular flexibility index (Phi) is 4.63. The molecule has 0 aliphatic heterocycles. The third kappa shape index (κ3) is 4.43. The smallest absolute Gasteiger partial charge is 0.343 e. The van der Waals surface area contributed by atoms with Gasteiger partial charge >= 0.3 is 6.18 Å². The number of amides is 2. The van der Waals surface area contributed by atoms with Gasteiger partial charge in [0.05, 0.1) is 0 Å². The van der Waals surface area contributed by atoms with Gasteiger partial charge in [0.2, 0.25) is 5.91 Å². The maximum atomic E-state index is 13.9. The highest BCUT2D eigenvalue weighted by molar-refractivity contribution is 5.99. The molecular formula is C15H16F4N2O2. The number of halogens is 4. The van der Waals surface area contributed by atoms with Crippen molar-refractivity contribution in [3.63, 3.8) is 0 Å². The summed E-state index contributed by atoms with van der Waals surface area (Å²) < 4.78 is 50.2. The molecule has 23 heavy (non-hydrogen) atoms. The van der Waals surface area contributed by atoms with Crippen molar-refractivity contribution in [3.05, 3.63) is 29.1 Å². The molecule has 1 aromatic rings. The summed E-state index contributed by atoms with van der Waals surface area (Å²) in [5.41, 5.74) is -0.0678. The van der Waals surface area contributed by atoms with Crippen LogP contribution in [0.1, 0.15) is 29.3 Å². The van der Waals surface area contributed by atoms with Crippen molar-refractivity contribution >= 4 is 17.5 Å². The molecule has 1 aliphatic rings. The van der Waals surface area contributed by atoms with E-state index in [1.807, 2.05) is 6.92 Å². The van der Waals surface area contributed by atoms with Crippen molar-refractivity contribution in [2.24, 2.45) is 11.8 Å². The van der Waals surface area contributed by atoms with Crippen LogP contribution in [0.2, 0.25) is 0 Å². The van der Waals surface area contributed by atoms with Gasteiger partial charge in [0, 0.05) is 22.7 Å². The van der Waals surface area contributed by atoms with Gasteiger partial charge in [0.25, 0.3) is 5.91 Å². The minimum absolute atomic E-state index is 0.0891. The van der Waals surface area contributed by atoms with Crippen LogP contribution in [-0.4, -0.2) is 24.5 Å². The van der Waals surface area contributed by atoms with Crippen LogP contribution in [0.25, 0.3) is 0 Å². The summed E-state index contributed by atoms with van der Waals surface area (Å²) in [6, 6.07) is 2.02. The number of hydrogen-bond donors (Lipinski definition) is 2. The molecule has 2 amide bonds. The van der Waals surface area contributed by atoms with Gasteiger partial charge in [-0.25, -0.2) is 4.39 Å². The van der Waals surface area contributed by atoms with Crippen LogP contribution in [0.3, 0.4) is 0 Å². The number of rotatable bonds is 4.